The molecule has 6 heteroatoms. The maximum atomic E-state index is 10.5. The average molecular weight is 277 g/mol. The molecule has 0 aliphatic rings. The molecule has 0 bridgehead atoms. The first kappa shape index (κ1) is 15.6. The molecule has 0 atom stereocenters. The molecule has 1 aromatic carbocycles. The van der Waals surface area contributed by atoms with Crippen LogP contribution in [0.4, 0.5) is 4.79 Å². The number of urea groups is 1. The summed E-state index contributed by atoms with van der Waals surface area (Å²) in [5.41, 5.74) is 8.96. The number of nitrogens with zero attached hydrogens (tertiary/aromatic N) is 1. The first-order chi connectivity index (χ1) is 9.52. The Morgan fingerprint density at radius 1 is 1.40 bits per heavy atom. The van der Waals surface area contributed by atoms with Crippen molar-refractivity contribution < 1.29 is 14.3 Å². The molecule has 0 aliphatic carbocycles. The number of allylic oxidation sites excluding steroid dienone is 1. The fraction of sp³-hybridized carbons (Fsp3) is 0.286. The van der Waals surface area contributed by atoms with Gasteiger partial charge in [0, 0.05) is 0 Å². The van der Waals surface area contributed by atoms with Gasteiger partial charge in [-0.25, -0.2) is 10.2 Å². The highest BCUT2D eigenvalue weighted by molar-refractivity contribution is 5.82. The second-order valence-corrected chi connectivity index (χ2v) is 4.24. The van der Waals surface area contributed by atoms with Crippen molar-refractivity contribution in [2.45, 2.75) is 13.8 Å². The number of primary amides is 1. The van der Waals surface area contributed by atoms with Gasteiger partial charge in [0.15, 0.2) is 11.5 Å². The van der Waals surface area contributed by atoms with Crippen LogP contribution in [-0.2, 0) is 0 Å². The van der Waals surface area contributed by atoms with Crippen LogP contribution < -0.4 is 20.6 Å². The molecule has 1 aromatic rings. The highest BCUT2D eigenvalue weighted by atomic mass is 16.5. The number of hydrogen-bond donors (Lipinski definition) is 2. The third kappa shape index (κ3) is 5.43. The van der Waals surface area contributed by atoms with Gasteiger partial charge in [0.2, 0.25) is 0 Å². The lowest BCUT2D eigenvalue weighted by Gasteiger charge is -2.10. The van der Waals surface area contributed by atoms with E-state index in [1.54, 1.807) is 25.3 Å². The third-order valence-electron chi connectivity index (χ3n) is 2.31. The summed E-state index contributed by atoms with van der Waals surface area (Å²) in [4.78, 5) is 10.5. The lowest BCUT2D eigenvalue weighted by Crippen LogP contribution is -2.24. The molecule has 0 saturated carbocycles. The van der Waals surface area contributed by atoms with Gasteiger partial charge >= 0.3 is 6.03 Å². The maximum absolute atomic E-state index is 10.5. The van der Waals surface area contributed by atoms with E-state index >= 15 is 0 Å². The number of nitrogens with one attached hydrogen (secondary N) is 1. The molecule has 3 N–H and O–H groups in total. The Kier molecular flexibility index (Phi) is 6.09. The molecule has 0 aliphatic heterocycles. The van der Waals surface area contributed by atoms with Gasteiger partial charge in [0.1, 0.15) is 6.61 Å². The molecule has 0 unspecified atom stereocenters. The minimum absolute atomic E-state index is 0.482. The van der Waals surface area contributed by atoms with Crippen LogP contribution in [-0.4, -0.2) is 26.0 Å². The van der Waals surface area contributed by atoms with Crippen LogP contribution in [0.2, 0.25) is 0 Å². The zero-order valence-electron chi connectivity index (χ0n) is 11.8. The van der Waals surface area contributed by atoms with Gasteiger partial charge in [0.05, 0.1) is 13.3 Å². The smallest absolute Gasteiger partial charge is 0.332 e. The Hall–Kier alpha value is -2.50. The number of nitrogens with two attached hydrogens (primary N) is 1. The number of carbonyl (C=O) groups excluding carboxylic acids is 1. The number of rotatable bonds is 6. The molecule has 0 radical (unpaired) electrons. The Bertz CT molecular complexity index is 520. The monoisotopic (exact) mass is 277 g/mol. The van der Waals surface area contributed by atoms with Crippen LogP contribution in [0.5, 0.6) is 11.5 Å². The molecule has 0 heterocycles. The Morgan fingerprint density at radius 3 is 2.75 bits per heavy atom. The average Bonchev–Trinajstić information content (AvgIpc) is 2.39. The zero-order chi connectivity index (χ0) is 15.0. The van der Waals surface area contributed by atoms with Gasteiger partial charge in [-0.1, -0.05) is 5.57 Å². The highest BCUT2D eigenvalue weighted by Crippen LogP contribution is 2.27. The van der Waals surface area contributed by atoms with E-state index in [0.29, 0.717) is 18.1 Å². The van der Waals surface area contributed by atoms with Gasteiger partial charge in [0.25, 0.3) is 0 Å². The first-order valence-corrected chi connectivity index (χ1v) is 6.05. The van der Waals surface area contributed by atoms with E-state index in [0.717, 1.165) is 5.56 Å². The third-order valence-corrected chi connectivity index (χ3v) is 2.31. The fourth-order valence-corrected chi connectivity index (χ4v) is 1.35. The number of benzene rings is 1. The number of amides is 2. The van der Waals surface area contributed by atoms with E-state index in [-0.39, 0.29) is 0 Å². The number of methoxy groups -OCH3 is 1. The molecule has 0 spiro atoms. The molecule has 0 saturated heterocycles. The number of hydrogen-bond acceptors (Lipinski definition) is 4. The van der Waals surface area contributed by atoms with Crippen molar-refractivity contribution in [3.63, 3.8) is 0 Å². The molecule has 20 heavy (non-hydrogen) atoms. The van der Waals surface area contributed by atoms with Crippen LogP contribution in [0.15, 0.2) is 34.9 Å². The summed E-state index contributed by atoms with van der Waals surface area (Å²) in [6.07, 6.45) is 3.44. The number of ether oxygens (including phenoxy) is 2. The SMILES string of the molecule is COc1cc(C=NNC(N)=O)ccc1OCC=C(C)C. The number of carbonyl (C=O) groups is 1. The first-order valence-electron chi connectivity index (χ1n) is 6.05. The van der Waals surface area contributed by atoms with Crippen molar-refractivity contribution in [3.05, 3.63) is 35.4 Å². The second kappa shape index (κ2) is 7.83. The van der Waals surface area contributed by atoms with Crippen molar-refractivity contribution in [3.8, 4) is 11.5 Å². The predicted molar refractivity (Wildman–Crippen MR) is 78.2 cm³/mol. The maximum Gasteiger partial charge on any atom is 0.332 e. The molecule has 0 aromatic heterocycles. The largest absolute Gasteiger partial charge is 0.493 e. The summed E-state index contributed by atoms with van der Waals surface area (Å²) in [6, 6.07) is 4.62. The summed E-state index contributed by atoms with van der Waals surface area (Å²) in [5, 5.41) is 3.68. The Morgan fingerprint density at radius 2 is 2.15 bits per heavy atom. The van der Waals surface area contributed by atoms with E-state index in [4.69, 9.17) is 15.2 Å². The predicted octanol–water partition coefficient (Wildman–Crippen LogP) is 2.04. The summed E-state index contributed by atoms with van der Waals surface area (Å²) in [6.45, 7) is 4.49. The summed E-state index contributed by atoms with van der Waals surface area (Å²) in [5.74, 6) is 1.24. The standard InChI is InChI=1S/C14H19N3O3/c1-10(2)6-7-20-12-5-4-11(8-13(12)19-3)9-16-17-14(15)18/h4-6,8-9H,7H2,1-3H3,(H3,15,17,18). The zero-order valence-corrected chi connectivity index (χ0v) is 11.8. The van der Waals surface area contributed by atoms with E-state index in [2.05, 4.69) is 10.5 Å². The van der Waals surface area contributed by atoms with Gasteiger partial charge in [-0.2, -0.15) is 5.10 Å². The van der Waals surface area contributed by atoms with Crippen molar-refractivity contribution in [2.75, 3.05) is 13.7 Å². The minimum Gasteiger partial charge on any atom is -0.493 e. The molecular weight excluding hydrogens is 258 g/mol. The lowest BCUT2D eigenvalue weighted by molar-refractivity contribution is 0.249. The second-order valence-electron chi connectivity index (χ2n) is 4.24. The van der Waals surface area contributed by atoms with Gasteiger partial charge in [-0.15, -0.1) is 0 Å². The van der Waals surface area contributed by atoms with Crippen molar-refractivity contribution in [1.29, 1.82) is 0 Å². The van der Waals surface area contributed by atoms with Crippen LogP contribution in [0.25, 0.3) is 0 Å². The summed E-state index contributed by atoms with van der Waals surface area (Å²) in [7, 11) is 1.56. The van der Waals surface area contributed by atoms with E-state index in [9.17, 15) is 4.79 Å². The van der Waals surface area contributed by atoms with Crippen LogP contribution in [0, 0.1) is 0 Å². The normalized spacial score (nSPS) is 10.2. The van der Waals surface area contributed by atoms with Crippen LogP contribution in [0.1, 0.15) is 19.4 Å². The van der Waals surface area contributed by atoms with E-state index in [1.807, 2.05) is 19.9 Å². The minimum atomic E-state index is -0.713. The van der Waals surface area contributed by atoms with Gasteiger partial charge in [-0.3, -0.25) is 0 Å². The highest BCUT2D eigenvalue weighted by Gasteiger charge is 2.04. The fourth-order valence-electron chi connectivity index (χ4n) is 1.35. The number of hydrazone groups is 1. The topological polar surface area (TPSA) is 85.9 Å². The van der Waals surface area contributed by atoms with Crippen molar-refractivity contribution in [1.82, 2.24) is 5.43 Å². The molecule has 2 amide bonds. The molecule has 1 rings (SSSR count). The molecule has 6 nitrogen and oxygen atoms in total. The summed E-state index contributed by atoms with van der Waals surface area (Å²) >= 11 is 0. The molecule has 108 valence electrons. The molecule has 0 fully saturated rings. The quantitative estimate of drug-likeness (QED) is 0.474. The lowest BCUT2D eigenvalue weighted by atomic mass is 10.2. The van der Waals surface area contributed by atoms with Crippen LogP contribution >= 0.6 is 0 Å². The van der Waals surface area contributed by atoms with E-state index in [1.165, 1.54) is 11.8 Å². The summed E-state index contributed by atoms with van der Waals surface area (Å²) < 4.78 is 10.9. The van der Waals surface area contributed by atoms with Crippen LogP contribution in [0.3, 0.4) is 0 Å². The van der Waals surface area contributed by atoms with Crippen molar-refractivity contribution in [2.24, 2.45) is 10.8 Å². The van der Waals surface area contributed by atoms with Crippen molar-refractivity contribution >= 4 is 12.2 Å². The Labute approximate surface area is 118 Å². The van der Waals surface area contributed by atoms with E-state index < -0.39 is 6.03 Å². The Balaban J connectivity index is 2.77. The molecular formula is C14H19N3O3. The van der Waals surface area contributed by atoms with Gasteiger partial charge in [-0.05, 0) is 43.7 Å². The van der Waals surface area contributed by atoms with Gasteiger partial charge < -0.3 is 15.2 Å².